The lowest BCUT2D eigenvalue weighted by atomic mass is 9.89. The van der Waals surface area contributed by atoms with Crippen molar-refractivity contribution >= 4 is 11.6 Å². The van der Waals surface area contributed by atoms with Gasteiger partial charge in [0.15, 0.2) is 0 Å². The van der Waals surface area contributed by atoms with Crippen LogP contribution in [0.25, 0.3) is 0 Å². The van der Waals surface area contributed by atoms with Gasteiger partial charge in [-0.25, -0.2) is 0 Å². The number of ether oxygens (including phenoxy) is 2. The predicted octanol–water partition coefficient (Wildman–Crippen LogP) is 5.42. The molecule has 1 aliphatic heterocycles. The number of rotatable bonds is 7. The summed E-state index contributed by atoms with van der Waals surface area (Å²) in [5.74, 6) is 1.43. The van der Waals surface area contributed by atoms with E-state index in [0.717, 1.165) is 47.8 Å². The maximum atomic E-state index is 6.39. The minimum Gasteiger partial charge on any atom is -0.493 e. The number of benzene rings is 1. The molecule has 1 saturated heterocycles. The van der Waals surface area contributed by atoms with Crippen molar-refractivity contribution in [2.24, 2.45) is 0 Å². The van der Waals surface area contributed by atoms with Crippen molar-refractivity contribution in [1.82, 2.24) is 0 Å². The van der Waals surface area contributed by atoms with Crippen LogP contribution in [-0.2, 0) is 4.74 Å². The first-order valence-corrected chi connectivity index (χ1v) is 8.45. The van der Waals surface area contributed by atoms with Crippen LogP contribution in [0.3, 0.4) is 0 Å². The Labute approximate surface area is 133 Å². The summed E-state index contributed by atoms with van der Waals surface area (Å²) in [6.45, 7) is 11.5. The molecule has 0 aromatic heterocycles. The van der Waals surface area contributed by atoms with Crippen molar-refractivity contribution in [2.45, 2.75) is 72.0 Å². The van der Waals surface area contributed by atoms with Crippen molar-refractivity contribution in [3.63, 3.8) is 0 Å². The number of hydrogen-bond acceptors (Lipinski definition) is 2. The van der Waals surface area contributed by atoms with Gasteiger partial charge in [0.25, 0.3) is 0 Å². The minimum absolute atomic E-state index is 0.399. The van der Waals surface area contributed by atoms with Gasteiger partial charge in [0.2, 0.25) is 0 Å². The summed E-state index contributed by atoms with van der Waals surface area (Å²) in [4.78, 5) is 0. The Bertz CT molecular complexity index is 498. The monoisotopic (exact) mass is 310 g/mol. The maximum absolute atomic E-state index is 6.39. The zero-order chi connectivity index (χ0) is 15.6. The van der Waals surface area contributed by atoms with E-state index in [9.17, 15) is 0 Å². The molecule has 0 aliphatic carbocycles. The zero-order valence-corrected chi connectivity index (χ0v) is 14.6. The van der Waals surface area contributed by atoms with Crippen LogP contribution in [0.4, 0.5) is 0 Å². The smallest absolute Gasteiger partial charge is 0.126 e. The van der Waals surface area contributed by atoms with E-state index in [1.807, 2.05) is 6.07 Å². The van der Waals surface area contributed by atoms with Crippen molar-refractivity contribution in [3.8, 4) is 5.75 Å². The quantitative estimate of drug-likeness (QED) is 0.627. The number of epoxide rings is 1. The lowest BCUT2D eigenvalue weighted by Crippen LogP contribution is -2.08. The van der Waals surface area contributed by atoms with Gasteiger partial charge in [-0.1, -0.05) is 32.4 Å². The Morgan fingerprint density at radius 3 is 2.57 bits per heavy atom. The highest BCUT2D eigenvalue weighted by atomic mass is 35.5. The summed E-state index contributed by atoms with van der Waals surface area (Å²) in [5.41, 5.74) is 3.54. The molecule has 0 bridgehead atoms. The predicted molar refractivity (Wildman–Crippen MR) is 88.7 cm³/mol. The molecule has 0 N–H and O–H groups in total. The SMILES string of the molecule is CCCOc1c(C)cc(Cl)c(C)c1C(C)CC1OC1CC. The summed E-state index contributed by atoms with van der Waals surface area (Å²) in [5, 5.41) is 0.835. The first-order chi connectivity index (χ1) is 9.99. The molecular formula is C18H27ClO2. The average Bonchev–Trinajstić information content (AvgIpc) is 3.19. The van der Waals surface area contributed by atoms with Crippen LogP contribution in [0.5, 0.6) is 5.75 Å². The van der Waals surface area contributed by atoms with Crippen molar-refractivity contribution in [2.75, 3.05) is 6.61 Å². The molecule has 21 heavy (non-hydrogen) atoms. The lowest BCUT2D eigenvalue weighted by molar-refractivity contribution is 0.307. The molecule has 1 fully saturated rings. The van der Waals surface area contributed by atoms with Crippen LogP contribution >= 0.6 is 11.6 Å². The molecule has 0 amide bonds. The Morgan fingerprint density at radius 2 is 2.00 bits per heavy atom. The van der Waals surface area contributed by atoms with E-state index >= 15 is 0 Å². The van der Waals surface area contributed by atoms with Crippen LogP contribution in [0, 0.1) is 13.8 Å². The Morgan fingerprint density at radius 1 is 1.29 bits per heavy atom. The first-order valence-electron chi connectivity index (χ1n) is 8.07. The topological polar surface area (TPSA) is 21.8 Å². The first kappa shape index (κ1) is 16.6. The fourth-order valence-electron chi connectivity index (χ4n) is 3.08. The second-order valence-corrected chi connectivity index (χ2v) is 6.56. The number of halogens is 1. The van der Waals surface area contributed by atoms with Crippen LogP contribution in [-0.4, -0.2) is 18.8 Å². The van der Waals surface area contributed by atoms with Crippen LogP contribution in [0.15, 0.2) is 6.07 Å². The Balaban J connectivity index is 2.26. The third-order valence-electron chi connectivity index (χ3n) is 4.33. The maximum Gasteiger partial charge on any atom is 0.126 e. The van der Waals surface area contributed by atoms with Crippen LogP contribution in [0.2, 0.25) is 5.02 Å². The molecular weight excluding hydrogens is 284 g/mol. The molecule has 1 aromatic carbocycles. The van der Waals surface area contributed by atoms with E-state index in [1.165, 1.54) is 5.56 Å². The van der Waals surface area contributed by atoms with Crippen molar-refractivity contribution in [3.05, 3.63) is 27.8 Å². The molecule has 1 aliphatic rings. The third-order valence-corrected chi connectivity index (χ3v) is 4.72. The standard InChI is InChI=1S/C18H27ClO2/c1-6-8-20-18-12(4)9-14(19)13(5)17(18)11(3)10-16-15(7-2)21-16/h9,11,15-16H,6-8,10H2,1-5H3. The summed E-state index contributed by atoms with van der Waals surface area (Å²) in [7, 11) is 0. The van der Waals surface area contributed by atoms with Crippen LogP contribution < -0.4 is 4.74 Å². The summed E-state index contributed by atoms with van der Waals surface area (Å²) in [6.07, 6.45) is 4.01. The normalized spacial score (nSPS) is 22.2. The van der Waals surface area contributed by atoms with E-state index in [0.29, 0.717) is 18.1 Å². The molecule has 3 atom stereocenters. The molecule has 3 heteroatoms. The van der Waals surface area contributed by atoms with E-state index in [1.54, 1.807) is 0 Å². The zero-order valence-electron chi connectivity index (χ0n) is 13.8. The molecule has 0 saturated carbocycles. The highest BCUT2D eigenvalue weighted by Crippen LogP contribution is 2.42. The Kier molecular flexibility index (Phi) is 5.56. The van der Waals surface area contributed by atoms with E-state index in [-0.39, 0.29) is 0 Å². The highest BCUT2D eigenvalue weighted by Gasteiger charge is 2.38. The Hall–Kier alpha value is -0.730. The molecule has 118 valence electrons. The molecule has 0 spiro atoms. The second kappa shape index (κ2) is 7.02. The fraction of sp³-hybridized carbons (Fsp3) is 0.667. The van der Waals surface area contributed by atoms with Gasteiger partial charge in [0.05, 0.1) is 18.8 Å². The van der Waals surface area contributed by atoms with Gasteiger partial charge >= 0.3 is 0 Å². The lowest BCUT2D eigenvalue weighted by Gasteiger charge is -2.22. The summed E-state index contributed by atoms with van der Waals surface area (Å²) in [6, 6.07) is 2.01. The van der Waals surface area contributed by atoms with Gasteiger partial charge in [-0.2, -0.15) is 0 Å². The molecule has 0 radical (unpaired) electrons. The summed E-state index contributed by atoms with van der Waals surface area (Å²) >= 11 is 6.39. The van der Waals surface area contributed by atoms with Gasteiger partial charge in [0.1, 0.15) is 5.75 Å². The van der Waals surface area contributed by atoms with Gasteiger partial charge < -0.3 is 9.47 Å². The molecule has 2 rings (SSSR count). The highest BCUT2D eigenvalue weighted by molar-refractivity contribution is 6.31. The van der Waals surface area contributed by atoms with E-state index < -0.39 is 0 Å². The van der Waals surface area contributed by atoms with E-state index in [4.69, 9.17) is 21.1 Å². The van der Waals surface area contributed by atoms with Gasteiger partial charge in [-0.05, 0) is 56.2 Å². The fourth-order valence-corrected chi connectivity index (χ4v) is 3.34. The molecule has 1 aromatic rings. The largest absolute Gasteiger partial charge is 0.493 e. The average molecular weight is 311 g/mol. The number of aryl methyl sites for hydroxylation is 1. The molecule has 1 heterocycles. The van der Waals surface area contributed by atoms with Crippen molar-refractivity contribution in [1.29, 1.82) is 0 Å². The van der Waals surface area contributed by atoms with Gasteiger partial charge in [-0.15, -0.1) is 0 Å². The second-order valence-electron chi connectivity index (χ2n) is 6.15. The number of hydrogen-bond donors (Lipinski definition) is 0. The molecule has 2 nitrogen and oxygen atoms in total. The molecule has 3 unspecified atom stereocenters. The van der Waals surface area contributed by atoms with Crippen molar-refractivity contribution < 1.29 is 9.47 Å². The van der Waals surface area contributed by atoms with Gasteiger partial charge in [0, 0.05) is 10.6 Å². The summed E-state index contributed by atoms with van der Waals surface area (Å²) < 4.78 is 11.7. The minimum atomic E-state index is 0.399. The van der Waals surface area contributed by atoms with Gasteiger partial charge in [-0.3, -0.25) is 0 Å². The third kappa shape index (κ3) is 3.73. The van der Waals surface area contributed by atoms with Crippen LogP contribution in [0.1, 0.15) is 62.6 Å². The van der Waals surface area contributed by atoms with E-state index in [2.05, 4.69) is 34.6 Å².